The third kappa shape index (κ3) is 2.85. The lowest BCUT2D eigenvalue weighted by atomic mass is 10.0. The van der Waals surface area contributed by atoms with Gasteiger partial charge in [-0.2, -0.15) is 5.10 Å². The number of carboxylic acids is 1. The summed E-state index contributed by atoms with van der Waals surface area (Å²) in [5.41, 5.74) is 1.51. The van der Waals surface area contributed by atoms with Crippen molar-refractivity contribution < 1.29 is 9.90 Å². The van der Waals surface area contributed by atoms with Crippen molar-refractivity contribution in [2.24, 2.45) is 5.92 Å². The van der Waals surface area contributed by atoms with Crippen LogP contribution in [-0.2, 0) is 4.79 Å². The number of rotatable bonds is 5. The quantitative estimate of drug-likeness (QED) is 0.751. The van der Waals surface area contributed by atoms with Crippen molar-refractivity contribution in [3.8, 4) is 5.69 Å². The number of fused-ring (bicyclic) bond motifs is 1. The van der Waals surface area contributed by atoms with Gasteiger partial charge in [0.1, 0.15) is 18.2 Å². The lowest BCUT2D eigenvalue weighted by molar-refractivity contribution is -0.138. The maximum Gasteiger partial charge on any atom is 0.326 e. The van der Waals surface area contributed by atoms with E-state index in [1.807, 2.05) is 44.2 Å². The fraction of sp³-hybridized carbons (Fsp3) is 0.250. The minimum atomic E-state index is -0.915. The number of anilines is 1. The van der Waals surface area contributed by atoms with Crippen molar-refractivity contribution in [3.05, 3.63) is 42.9 Å². The number of carbonyl (C=O) groups is 1. The summed E-state index contributed by atoms with van der Waals surface area (Å²) < 4.78 is 1.70. The third-order valence-corrected chi connectivity index (χ3v) is 3.59. The summed E-state index contributed by atoms with van der Waals surface area (Å²) in [6, 6.07) is 8.89. The van der Waals surface area contributed by atoms with Gasteiger partial charge in [-0.3, -0.25) is 0 Å². The maximum atomic E-state index is 11.4. The molecule has 0 unspecified atom stereocenters. The number of aromatic nitrogens is 4. The lowest BCUT2D eigenvalue weighted by Gasteiger charge is -2.18. The zero-order chi connectivity index (χ0) is 16.4. The zero-order valence-electron chi connectivity index (χ0n) is 12.8. The number of hydrogen-bond donors (Lipinski definition) is 2. The van der Waals surface area contributed by atoms with Gasteiger partial charge in [-0.1, -0.05) is 32.0 Å². The van der Waals surface area contributed by atoms with Crippen molar-refractivity contribution in [2.45, 2.75) is 19.9 Å². The molecule has 0 saturated carbocycles. The minimum Gasteiger partial charge on any atom is -0.480 e. The van der Waals surface area contributed by atoms with Crippen molar-refractivity contribution in [1.82, 2.24) is 19.7 Å². The second-order valence-corrected chi connectivity index (χ2v) is 5.56. The number of benzene rings is 1. The molecule has 2 aromatic heterocycles. The largest absolute Gasteiger partial charge is 0.480 e. The number of nitrogens with one attached hydrogen (secondary N) is 1. The van der Waals surface area contributed by atoms with Gasteiger partial charge in [-0.15, -0.1) is 0 Å². The Bertz CT molecular complexity index is 829. The summed E-state index contributed by atoms with van der Waals surface area (Å²) in [5.74, 6) is -0.526. The Hall–Kier alpha value is -2.96. The number of hydrogen-bond acceptors (Lipinski definition) is 5. The van der Waals surface area contributed by atoms with Gasteiger partial charge in [0.05, 0.1) is 17.3 Å². The van der Waals surface area contributed by atoms with Crippen LogP contribution in [0.5, 0.6) is 0 Å². The molecule has 0 saturated heterocycles. The molecule has 0 bridgehead atoms. The molecule has 0 radical (unpaired) electrons. The second kappa shape index (κ2) is 6.04. The highest BCUT2D eigenvalue weighted by atomic mass is 16.4. The van der Waals surface area contributed by atoms with Gasteiger partial charge in [-0.05, 0) is 18.1 Å². The first kappa shape index (κ1) is 15.0. The zero-order valence-corrected chi connectivity index (χ0v) is 12.8. The van der Waals surface area contributed by atoms with Gasteiger partial charge < -0.3 is 10.4 Å². The molecule has 0 aliphatic heterocycles. The van der Waals surface area contributed by atoms with Gasteiger partial charge in [0, 0.05) is 0 Å². The third-order valence-electron chi connectivity index (χ3n) is 3.59. The number of para-hydroxylation sites is 1. The topological polar surface area (TPSA) is 92.9 Å². The average molecular weight is 311 g/mol. The van der Waals surface area contributed by atoms with Gasteiger partial charge >= 0.3 is 5.97 Å². The number of carboxylic acid groups (broad SMARTS) is 1. The Morgan fingerprint density at radius 1 is 1.22 bits per heavy atom. The fourth-order valence-corrected chi connectivity index (χ4v) is 2.38. The summed E-state index contributed by atoms with van der Waals surface area (Å²) >= 11 is 0. The Morgan fingerprint density at radius 2 is 1.96 bits per heavy atom. The first-order valence-corrected chi connectivity index (χ1v) is 7.31. The molecule has 0 fully saturated rings. The normalized spacial score (nSPS) is 12.5. The molecule has 0 aliphatic carbocycles. The first-order chi connectivity index (χ1) is 11.1. The number of aliphatic carboxylic acids is 1. The maximum absolute atomic E-state index is 11.4. The molecular formula is C16H17N5O2. The van der Waals surface area contributed by atoms with Crippen LogP contribution in [0.2, 0.25) is 0 Å². The van der Waals surface area contributed by atoms with E-state index in [9.17, 15) is 9.90 Å². The molecule has 1 aromatic carbocycles. The molecular weight excluding hydrogens is 294 g/mol. The Balaban J connectivity index is 2.04. The van der Waals surface area contributed by atoms with E-state index in [1.54, 1.807) is 10.9 Å². The van der Waals surface area contributed by atoms with E-state index >= 15 is 0 Å². The molecule has 2 N–H and O–H groups in total. The van der Waals surface area contributed by atoms with Crippen molar-refractivity contribution in [3.63, 3.8) is 0 Å². The van der Waals surface area contributed by atoms with Crippen LogP contribution in [0.4, 0.5) is 5.82 Å². The molecule has 7 heteroatoms. The average Bonchev–Trinajstić information content (AvgIpc) is 2.97. The molecule has 3 rings (SSSR count). The van der Waals surface area contributed by atoms with E-state index in [0.29, 0.717) is 16.9 Å². The predicted octanol–water partition coefficient (Wildman–Crippen LogP) is 2.34. The van der Waals surface area contributed by atoms with E-state index in [4.69, 9.17) is 0 Å². The highest BCUT2D eigenvalue weighted by molar-refractivity contribution is 5.89. The van der Waals surface area contributed by atoms with Crippen LogP contribution in [0, 0.1) is 5.92 Å². The molecule has 2 heterocycles. The molecule has 0 amide bonds. The molecule has 7 nitrogen and oxygen atoms in total. The van der Waals surface area contributed by atoms with E-state index in [0.717, 1.165) is 5.69 Å². The molecule has 0 spiro atoms. The van der Waals surface area contributed by atoms with Gasteiger partial charge in [0.2, 0.25) is 0 Å². The van der Waals surface area contributed by atoms with Crippen LogP contribution in [-0.4, -0.2) is 36.9 Å². The Kier molecular flexibility index (Phi) is 3.92. The van der Waals surface area contributed by atoms with E-state index in [2.05, 4.69) is 20.4 Å². The fourth-order valence-electron chi connectivity index (χ4n) is 2.38. The second-order valence-electron chi connectivity index (χ2n) is 5.56. The van der Waals surface area contributed by atoms with E-state index in [-0.39, 0.29) is 5.92 Å². The minimum absolute atomic E-state index is 0.0818. The summed E-state index contributed by atoms with van der Waals surface area (Å²) in [6.45, 7) is 3.69. The van der Waals surface area contributed by atoms with E-state index < -0.39 is 12.0 Å². The SMILES string of the molecule is CC(C)[C@H](Nc1ncnc2c1cnn2-c1ccccc1)C(=O)O. The van der Waals surface area contributed by atoms with Crippen LogP contribution in [0.25, 0.3) is 16.7 Å². The summed E-state index contributed by atoms with van der Waals surface area (Å²) in [5, 5.41) is 17.3. The Morgan fingerprint density at radius 3 is 2.61 bits per heavy atom. The van der Waals surface area contributed by atoms with Crippen molar-refractivity contribution in [2.75, 3.05) is 5.32 Å². The van der Waals surface area contributed by atoms with Crippen LogP contribution in [0.1, 0.15) is 13.8 Å². The van der Waals surface area contributed by atoms with Crippen LogP contribution < -0.4 is 5.32 Å². The van der Waals surface area contributed by atoms with Gasteiger partial charge in [0.25, 0.3) is 0 Å². The highest BCUT2D eigenvalue weighted by Crippen LogP contribution is 2.23. The molecule has 1 atom stereocenters. The van der Waals surface area contributed by atoms with Crippen molar-refractivity contribution >= 4 is 22.8 Å². The molecule has 0 aliphatic rings. The first-order valence-electron chi connectivity index (χ1n) is 7.31. The molecule has 3 aromatic rings. The summed E-state index contributed by atoms with van der Waals surface area (Å²) in [7, 11) is 0. The van der Waals surface area contributed by atoms with Crippen LogP contribution >= 0.6 is 0 Å². The molecule has 23 heavy (non-hydrogen) atoms. The molecule has 118 valence electrons. The van der Waals surface area contributed by atoms with Crippen LogP contribution in [0.3, 0.4) is 0 Å². The number of nitrogens with zero attached hydrogens (tertiary/aromatic N) is 4. The van der Waals surface area contributed by atoms with Crippen LogP contribution in [0.15, 0.2) is 42.9 Å². The predicted molar refractivity (Wildman–Crippen MR) is 86.5 cm³/mol. The van der Waals surface area contributed by atoms with Gasteiger partial charge in [0.15, 0.2) is 5.65 Å². The van der Waals surface area contributed by atoms with E-state index in [1.165, 1.54) is 6.33 Å². The Labute approximate surface area is 133 Å². The standard InChI is InChI=1S/C16H17N5O2/c1-10(2)13(16(22)23)20-14-12-8-19-21(15(12)18-9-17-14)11-6-4-3-5-7-11/h3-10,13H,1-2H3,(H,22,23)(H,17,18,20)/t13-/m0/s1. The van der Waals surface area contributed by atoms with Crippen molar-refractivity contribution in [1.29, 1.82) is 0 Å². The summed E-state index contributed by atoms with van der Waals surface area (Å²) in [6.07, 6.45) is 3.05. The summed E-state index contributed by atoms with van der Waals surface area (Å²) in [4.78, 5) is 19.8. The highest BCUT2D eigenvalue weighted by Gasteiger charge is 2.23. The monoisotopic (exact) mass is 311 g/mol. The van der Waals surface area contributed by atoms with Gasteiger partial charge in [-0.25, -0.2) is 19.4 Å². The smallest absolute Gasteiger partial charge is 0.326 e. The lowest BCUT2D eigenvalue weighted by Crippen LogP contribution is -2.34.